The molecule has 0 radical (unpaired) electrons. The number of carbonyl (C=O) groups is 1. The van der Waals surface area contributed by atoms with Crippen molar-refractivity contribution in [2.45, 2.75) is 45.6 Å². The number of aliphatic hydroxyl groups is 1. The maximum Gasteiger partial charge on any atom is 0.223 e. The molecule has 1 atom stereocenters. The minimum absolute atomic E-state index is 0.115. The van der Waals surface area contributed by atoms with Gasteiger partial charge in [-0.25, -0.2) is 0 Å². The van der Waals surface area contributed by atoms with Gasteiger partial charge in [0.15, 0.2) is 0 Å². The summed E-state index contributed by atoms with van der Waals surface area (Å²) in [6.07, 6.45) is 3.01. The zero-order valence-electron chi connectivity index (χ0n) is 12.0. The number of carbonyl (C=O) groups excluding carboxylic acids is 1. The van der Waals surface area contributed by atoms with Crippen LogP contribution in [-0.4, -0.2) is 48.7 Å². The Labute approximate surface area is 111 Å². The summed E-state index contributed by atoms with van der Waals surface area (Å²) < 4.78 is 0. The summed E-state index contributed by atoms with van der Waals surface area (Å²) in [5.41, 5.74) is 0. The Morgan fingerprint density at radius 3 is 2.56 bits per heavy atom. The number of nitrogens with zero attached hydrogens (tertiary/aromatic N) is 1. The maximum atomic E-state index is 12.0. The van der Waals surface area contributed by atoms with Crippen molar-refractivity contribution in [3.05, 3.63) is 0 Å². The third-order valence-corrected chi connectivity index (χ3v) is 3.86. The molecule has 4 heteroatoms. The number of rotatable bonds is 6. The van der Waals surface area contributed by atoms with E-state index in [0.717, 1.165) is 45.3 Å². The van der Waals surface area contributed by atoms with E-state index in [2.05, 4.69) is 31.1 Å². The van der Waals surface area contributed by atoms with Gasteiger partial charge >= 0.3 is 0 Å². The van der Waals surface area contributed by atoms with Crippen molar-refractivity contribution in [3.63, 3.8) is 0 Å². The van der Waals surface area contributed by atoms with Crippen LogP contribution in [0.3, 0.4) is 0 Å². The molecule has 0 bridgehead atoms. The largest absolute Gasteiger partial charge is 0.393 e. The molecule has 2 N–H and O–H groups in total. The van der Waals surface area contributed by atoms with Crippen molar-refractivity contribution in [1.29, 1.82) is 0 Å². The predicted octanol–water partition coefficient (Wildman–Crippen LogP) is 1.24. The highest BCUT2D eigenvalue weighted by molar-refractivity contribution is 5.78. The summed E-state index contributed by atoms with van der Waals surface area (Å²) in [6.45, 7) is 7.11. The molecule has 0 spiro atoms. The second-order valence-electron chi connectivity index (χ2n) is 5.71. The Hall–Kier alpha value is -0.610. The van der Waals surface area contributed by atoms with E-state index in [0.29, 0.717) is 5.92 Å². The Balaban J connectivity index is 2.20. The predicted molar refractivity (Wildman–Crippen MR) is 73.3 cm³/mol. The topological polar surface area (TPSA) is 52.6 Å². The van der Waals surface area contributed by atoms with Crippen molar-refractivity contribution < 1.29 is 9.90 Å². The lowest BCUT2D eigenvalue weighted by atomic mass is 9.87. The lowest BCUT2D eigenvalue weighted by molar-refractivity contribution is -0.126. The lowest BCUT2D eigenvalue weighted by Crippen LogP contribution is -2.38. The van der Waals surface area contributed by atoms with Crippen LogP contribution in [-0.2, 0) is 4.79 Å². The molecule has 0 aromatic heterocycles. The van der Waals surface area contributed by atoms with Gasteiger partial charge in [0, 0.05) is 19.0 Å². The molecule has 0 unspecified atom stereocenters. The summed E-state index contributed by atoms with van der Waals surface area (Å²) in [6, 6.07) is 0. The Morgan fingerprint density at radius 1 is 1.39 bits per heavy atom. The third-order valence-electron chi connectivity index (χ3n) is 3.86. The van der Waals surface area contributed by atoms with Gasteiger partial charge in [-0.1, -0.05) is 13.8 Å². The highest BCUT2D eigenvalue weighted by Crippen LogP contribution is 2.24. The maximum absolute atomic E-state index is 12.0. The quantitative estimate of drug-likeness (QED) is 0.752. The molecule has 0 heterocycles. The molecule has 0 saturated heterocycles. The van der Waals surface area contributed by atoms with E-state index in [-0.39, 0.29) is 17.9 Å². The average Bonchev–Trinajstić information content (AvgIpc) is 2.36. The van der Waals surface area contributed by atoms with Crippen molar-refractivity contribution in [3.8, 4) is 0 Å². The summed E-state index contributed by atoms with van der Waals surface area (Å²) in [7, 11) is 2.10. The van der Waals surface area contributed by atoms with Crippen LogP contribution in [0.5, 0.6) is 0 Å². The molecule has 1 amide bonds. The van der Waals surface area contributed by atoms with Gasteiger partial charge in [0.25, 0.3) is 0 Å². The van der Waals surface area contributed by atoms with Gasteiger partial charge in [-0.05, 0) is 45.2 Å². The SMILES string of the molecule is CCN(C)C[C@H](C)CNC(=O)C1CCC(O)CC1. The van der Waals surface area contributed by atoms with Gasteiger partial charge in [0.05, 0.1) is 6.10 Å². The summed E-state index contributed by atoms with van der Waals surface area (Å²) in [4.78, 5) is 14.2. The molecule has 0 aromatic carbocycles. The monoisotopic (exact) mass is 256 g/mol. The zero-order valence-corrected chi connectivity index (χ0v) is 12.0. The van der Waals surface area contributed by atoms with Crippen LogP contribution < -0.4 is 5.32 Å². The van der Waals surface area contributed by atoms with Crippen LogP contribution in [0, 0.1) is 11.8 Å². The fourth-order valence-corrected chi connectivity index (χ4v) is 2.48. The molecule has 1 aliphatic carbocycles. The minimum Gasteiger partial charge on any atom is -0.393 e. The van der Waals surface area contributed by atoms with Crippen molar-refractivity contribution in [1.82, 2.24) is 10.2 Å². The molecule has 0 aromatic rings. The number of amides is 1. The van der Waals surface area contributed by atoms with Gasteiger partial charge in [-0.3, -0.25) is 4.79 Å². The summed E-state index contributed by atoms with van der Waals surface area (Å²) in [5.74, 6) is 0.769. The summed E-state index contributed by atoms with van der Waals surface area (Å²) in [5, 5.41) is 12.5. The van der Waals surface area contributed by atoms with E-state index in [1.54, 1.807) is 0 Å². The van der Waals surface area contributed by atoms with Crippen molar-refractivity contribution >= 4 is 5.91 Å². The molecular weight excluding hydrogens is 228 g/mol. The normalized spacial score (nSPS) is 26.1. The first kappa shape index (κ1) is 15.4. The molecule has 1 fully saturated rings. The number of hydrogen-bond acceptors (Lipinski definition) is 3. The Kier molecular flexibility index (Phi) is 6.65. The van der Waals surface area contributed by atoms with E-state index < -0.39 is 0 Å². The van der Waals surface area contributed by atoms with Crippen LogP contribution in [0.2, 0.25) is 0 Å². The smallest absolute Gasteiger partial charge is 0.223 e. The van der Waals surface area contributed by atoms with Gasteiger partial charge in [0.1, 0.15) is 0 Å². The standard InChI is InChI=1S/C14H28N2O2/c1-4-16(3)10-11(2)9-15-14(18)12-5-7-13(17)8-6-12/h11-13,17H,4-10H2,1-3H3,(H,15,18)/t11-,12?,13?/m1/s1. The van der Waals surface area contributed by atoms with Crippen LogP contribution in [0.4, 0.5) is 0 Å². The van der Waals surface area contributed by atoms with Crippen LogP contribution in [0.25, 0.3) is 0 Å². The van der Waals surface area contributed by atoms with E-state index in [9.17, 15) is 9.90 Å². The second-order valence-corrected chi connectivity index (χ2v) is 5.71. The first-order valence-electron chi connectivity index (χ1n) is 7.17. The third kappa shape index (κ3) is 5.36. The first-order valence-corrected chi connectivity index (χ1v) is 7.17. The van der Waals surface area contributed by atoms with E-state index in [4.69, 9.17) is 0 Å². The molecule has 4 nitrogen and oxygen atoms in total. The summed E-state index contributed by atoms with van der Waals surface area (Å²) >= 11 is 0. The van der Waals surface area contributed by atoms with Crippen LogP contribution >= 0.6 is 0 Å². The highest BCUT2D eigenvalue weighted by Gasteiger charge is 2.25. The fourth-order valence-electron chi connectivity index (χ4n) is 2.48. The van der Waals surface area contributed by atoms with Gasteiger partial charge in [-0.2, -0.15) is 0 Å². The van der Waals surface area contributed by atoms with Crippen LogP contribution in [0.1, 0.15) is 39.5 Å². The van der Waals surface area contributed by atoms with Gasteiger partial charge < -0.3 is 15.3 Å². The Morgan fingerprint density at radius 2 is 2.00 bits per heavy atom. The van der Waals surface area contributed by atoms with E-state index >= 15 is 0 Å². The van der Waals surface area contributed by atoms with Crippen LogP contribution in [0.15, 0.2) is 0 Å². The molecule has 106 valence electrons. The Bertz CT molecular complexity index is 250. The molecule has 1 rings (SSSR count). The average molecular weight is 256 g/mol. The molecule has 18 heavy (non-hydrogen) atoms. The second kappa shape index (κ2) is 7.74. The van der Waals surface area contributed by atoms with Crippen molar-refractivity contribution in [2.24, 2.45) is 11.8 Å². The molecular formula is C14H28N2O2. The van der Waals surface area contributed by atoms with E-state index in [1.165, 1.54) is 0 Å². The molecule has 1 saturated carbocycles. The van der Waals surface area contributed by atoms with Gasteiger partial charge in [0.2, 0.25) is 5.91 Å². The number of hydrogen-bond donors (Lipinski definition) is 2. The molecule has 0 aliphatic heterocycles. The first-order chi connectivity index (χ1) is 8.52. The highest BCUT2D eigenvalue weighted by atomic mass is 16.3. The minimum atomic E-state index is -0.189. The zero-order chi connectivity index (χ0) is 13.5. The van der Waals surface area contributed by atoms with E-state index in [1.807, 2.05) is 0 Å². The number of aliphatic hydroxyl groups excluding tert-OH is 1. The lowest BCUT2D eigenvalue weighted by Gasteiger charge is -2.25. The van der Waals surface area contributed by atoms with Crippen molar-refractivity contribution in [2.75, 3.05) is 26.7 Å². The van der Waals surface area contributed by atoms with Gasteiger partial charge in [-0.15, -0.1) is 0 Å². The fraction of sp³-hybridized carbons (Fsp3) is 0.929. The molecule has 1 aliphatic rings. The number of nitrogens with one attached hydrogen (secondary N) is 1.